The molecule has 2 rings (SSSR count). The van der Waals surface area contributed by atoms with Crippen LogP contribution in [0.5, 0.6) is 0 Å². The summed E-state index contributed by atoms with van der Waals surface area (Å²) in [5, 5.41) is 0. The maximum atomic E-state index is 12.7. The fourth-order valence-corrected chi connectivity index (χ4v) is 2.66. The molecule has 0 heterocycles. The van der Waals surface area contributed by atoms with Gasteiger partial charge in [0.25, 0.3) is 5.91 Å². The number of hydrogen-bond donors (Lipinski definition) is 1. The van der Waals surface area contributed by atoms with Gasteiger partial charge in [-0.15, -0.1) is 0 Å². The van der Waals surface area contributed by atoms with Gasteiger partial charge in [-0.1, -0.05) is 15.9 Å². The summed E-state index contributed by atoms with van der Waals surface area (Å²) < 4.78 is 0.856. The van der Waals surface area contributed by atoms with E-state index >= 15 is 0 Å². The average Bonchev–Trinajstić information content (AvgIpc) is 3.13. The van der Waals surface area contributed by atoms with Crippen molar-refractivity contribution in [3.8, 4) is 0 Å². The molecule has 0 spiro atoms. The molecule has 0 aliphatic heterocycles. The van der Waals surface area contributed by atoms with E-state index in [4.69, 9.17) is 5.73 Å². The van der Waals surface area contributed by atoms with Gasteiger partial charge in [0.15, 0.2) is 0 Å². The molecular weight excluding hydrogens is 304 g/mol. The highest BCUT2D eigenvalue weighted by Crippen LogP contribution is 2.31. The first-order valence-corrected chi connectivity index (χ1v) is 7.56. The molecule has 1 aromatic rings. The lowest BCUT2D eigenvalue weighted by molar-refractivity contribution is 0.0695. The summed E-state index contributed by atoms with van der Waals surface area (Å²) in [4.78, 5) is 14.7. The molecule has 3 nitrogen and oxygen atoms in total. The van der Waals surface area contributed by atoms with Crippen LogP contribution in [0.15, 0.2) is 16.6 Å². The van der Waals surface area contributed by atoms with Crippen molar-refractivity contribution >= 4 is 27.5 Å². The van der Waals surface area contributed by atoms with E-state index < -0.39 is 0 Å². The molecule has 104 valence electrons. The quantitative estimate of drug-likeness (QED) is 0.860. The number of carbonyl (C=O) groups is 1. The van der Waals surface area contributed by atoms with Gasteiger partial charge in [0.2, 0.25) is 0 Å². The Hall–Kier alpha value is -1.03. The third-order valence-electron chi connectivity index (χ3n) is 3.68. The summed E-state index contributed by atoms with van der Waals surface area (Å²) in [6.07, 6.45) is 2.49. The van der Waals surface area contributed by atoms with Crippen LogP contribution in [0.2, 0.25) is 0 Å². The van der Waals surface area contributed by atoms with Gasteiger partial charge in [-0.25, -0.2) is 0 Å². The molecule has 1 amide bonds. The first kappa shape index (κ1) is 14.4. The minimum atomic E-state index is 0.0902. The Labute approximate surface area is 123 Å². The van der Waals surface area contributed by atoms with E-state index in [1.807, 2.05) is 24.0 Å². The number of rotatable bonds is 4. The van der Waals surface area contributed by atoms with E-state index in [2.05, 4.69) is 29.8 Å². The third kappa shape index (κ3) is 3.30. The van der Waals surface area contributed by atoms with Crippen molar-refractivity contribution < 1.29 is 4.79 Å². The van der Waals surface area contributed by atoms with Crippen LogP contribution in [-0.2, 0) is 0 Å². The van der Waals surface area contributed by atoms with E-state index in [1.54, 1.807) is 0 Å². The highest BCUT2D eigenvalue weighted by Gasteiger charge is 2.29. The van der Waals surface area contributed by atoms with Gasteiger partial charge in [-0.05, 0) is 57.2 Å². The van der Waals surface area contributed by atoms with Crippen molar-refractivity contribution in [2.45, 2.75) is 39.7 Å². The molecule has 0 atom stereocenters. The molecule has 0 saturated heterocycles. The molecule has 2 N–H and O–H groups in total. The van der Waals surface area contributed by atoms with Crippen molar-refractivity contribution in [3.63, 3.8) is 0 Å². The number of carbonyl (C=O) groups excluding carboxylic acids is 1. The van der Waals surface area contributed by atoms with E-state index in [0.717, 1.165) is 16.6 Å². The lowest BCUT2D eigenvalue weighted by Crippen LogP contribution is -2.38. The number of amides is 1. The highest BCUT2D eigenvalue weighted by molar-refractivity contribution is 9.10. The molecule has 1 fully saturated rings. The van der Waals surface area contributed by atoms with Crippen molar-refractivity contribution in [1.82, 2.24) is 4.90 Å². The fraction of sp³-hybridized carbons (Fsp3) is 0.533. The predicted molar refractivity (Wildman–Crippen MR) is 82.2 cm³/mol. The smallest absolute Gasteiger partial charge is 0.254 e. The van der Waals surface area contributed by atoms with Crippen molar-refractivity contribution in [1.29, 1.82) is 0 Å². The molecule has 1 saturated carbocycles. The van der Waals surface area contributed by atoms with E-state index in [1.165, 1.54) is 12.8 Å². The summed E-state index contributed by atoms with van der Waals surface area (Å²) >= 11 is 3.41. The van der Waals surface area contributed by atoms with Gasteiger partial charge in [-0.3, -0.25) is 4.79 Å². The Balaban J connectivity index is 2.30. The van der Waals surface area contributed by atoms with Crippen LogP contribution in [0, 0.1) is 12.8 Å². The van der Waals surface area contributed by atoms with Crippen molar-refractivity contribution in [2.24, 2.45) is 5.92 Å². The average molecular weight is 325 g/mol. The minimum Gasteiger partial charge on any atom is -0.398 e. The number of hydrogen-bond acceptors (Lipinski definition) is 2. The van der Waals surface area contributed by atoms with Gasteiger partial charge in [0.05, 0.1) is 0 Å². The molecule has 0 aromatic heterocycles. The molecule has 1 aromatic carbocycles. The molecular formula is C15H21BrN2O. The van der Waals surface area contributed by atoms with Crippen LogP contribution in [0.1, 0.15) is 42.6 Å². The van der Waals surface area contributed by atoms with Crippen LogP contribution in [0.25, 0.3) is 0 Å². The molecule has 19 heavy (non-hydrogen) atoms. The summed E-state index contributed by atoms with van der Waals surface area (Å²) in [7, 11) is 0. The van der Waals surface area contributed by atoms with Gasteiger partial charge in [0, 0.05) is 28.3 Å². The first-order chi connectivity index (χ1) is 8.90. The number of anilines is 1. The van der Waals surface area contributed by atoms with Gasteiger partial charge in [0.1, 0.15) is 0 Å². The third-order valence-corrected chi connectivity index (χ3v) is 4.14. The molecule has 1 aliphatic rings. The first-order valence-electron chi connectivity index (χ1n) is 6.76. The second kappa shape index (κ2) is 5.53. The minimum absolute atomic E-state index is 0.0902. The van der Waals surface area contributed by atoms with Crippen LogP contribution in [-0.4, -0.2) is 23.4 Å². The zero-order valence-electron chi connectivity index (χ0n) is 11.7. The summed E-state index contributed by atoms with van der Waals surface area (Å²) in [6.45, 7) is 6.90. The summed E-state index contributed by atoms with van der Waals surface area (Å²) in [5.41, 5.74) is 8.19. The van der Waals surface area contributed by atoms with E-state index in [9.17, 15) is 4.79 Å². The number of nitrogen functional groups attached to an aromatic ring is 1. The second-order valence-corrected chi connectivity index (χ2v) is 6.58. The molecule has 4 heteroatoms. The zero-order chi connectivity index (χ0) is 14.2. The van der Waals surface area contributed by atoms with Crippen LogP contribution < -0.4 is 5.73 Å². The predicted octanol–water partition coefficient (Wildman–Crippen LogP) is 3.60. The monoisotopic (exact) mass is 324 g/mol. The van der Waals surface area contributed by atoms with E-state index in [0.29, 0.717) is 17.2 Å². The Morgan fingerprint density at radius 2 is 2.11 bits per heavy atom. The van der Waals surface area contributed by atoms with Gasteiger partial charge >= 0.3 is 0 Å². The van der Waals surface area contributed by atoms with Gasteiger partial charge in [-0.2, -0.15) is 0 Å². The maximum absolute atomic E-state index is 12.7. The Morgan fingerprint density at radius 3 is 2.63 bits per heavy atom. The highest BCUT2D eigenvalue weighted by atomic mass is 79.9. The number of halogens is 1. The molecule has 0 radical (unpaired) electrons. The standard InChI is InChI=1S/C15H21BrN2O/c1-9(2)18(8-11-4-5-11)15(19)13-6-12(16)7-14(17)10(13)3/h6-7,9,11H,4-5,8,17H2,1-3H3. The Kier molecular flexibility index (Phi) is 4.19. The number of benzene rings is 1. The van der Waals surface area contributed by atoms with Crippen LogP contribution in [0.4, 0.5) is 5.69 Å². The van der Waals surface area contributed by atoms with Crippen molar-refractivity contribution in [3.05, 3.63) is 27.7 Å². The van der Waals surface area contributed by atoms with E-state index in [-0.39, 0.29) is 11.9 Å². The SMILES string of the molecule is Cc1c(N)cc(Br)cc1C(=O)N(CC1CC1)C(C)C. The number of nitrogens with two attached hydrogens (primary N) is 1. The van der Waals surface area contributed by atoms with Gasteiger partial charge < -0.3 is 10.6 Å². The lowest BCUT2D eigenvalue weighted by Gasteiger charge is -2.28. The number of nitrogens with zero attached hydrogens (tertiary/aromatic N) is 1. The summed E-state index contributed by atoms with van der Waals surface area (Å²) in [5.74, 6) is 0.781. The fourth-order valence-electron chi connectivity index (χ4n) is 2.18. The summed E-state index contributed by atoms with van der Waals surface area (Å²) in [6, 6.07) is 3.93. The second-order valence-electron chi connectivity index (χ2n) is 5.66. The molecule has 0 unspecified atom stereocenters. The Bertz CT molecular complexity index is 495. The molecule has 1 aliphatic carbocycles. The van der Waals surface area contributed by atoms with Crippen LogP contribution >= 0.6 is 15.9 Å². The maximum Gasteiger partial charge on any atom is 0.254 e. The zero-order valence-corrected chi connectivity index (χ0v) is 13.3. The van der Waals surface area contributed by atoms with Crippen LogP contribution in [0.3, 0.4) is 0 Å². The lowest BCUT2D eigenvalue weighted by atomic mass is 10.0. The Morgan fingerprint density at radius 1 is 1.47 bits per heavy atom. The topological polar surface area (TPSA) is 46.3 Å². The van der Waals surface area contributed by atoms with Crippen molar-refractivity contribution in [2.75, 3.05) is 12.3 Å². The normalized spacial score (nSPS) is 14.8. The molecule has 0 bridgehead atoms. The largest absolute Gasteiger partial charge is 0.398 e.